The second-order valence-electron chi connectivity index (χ2n) is 4.45. The van der Waals surface area contributed by atoms with E-state index in [2.05, 4.69) is 5.32 Å². The maximum absolute atomic E-state index is 12.1. The van der Waals surface area contributed by atoms with Gasteiger partial charge in [0.2, 0.25) is 0 Å². The molecule has 3 N–H and O–H groups in total. The Bertz CT molecular complexity index is 654. The van der Waals surface area contributed by atoms with Crippen molar-refractivity contribution in [2.45, 2.75) is 13.1 Å². The van der Waals surface area contributed by atoms with Crippen molar-refractivity contribution in [2.24, 2.45) is 0 Å². The SMILES string of the molecule is COc1ccc(NC(=O)C(=O)NN/C(C)=C\C(=O)C(F)(F)F)cc1. The highest BCUT2D eigenvalue weighted by Gasteiger charge is 2.36. The van der Waals surface area contributed by atoms with Gasteiger partial charge >= 0.3 is 18.0 Å². The number of ketones is 1. The van der Waals surface area contributed by atoms with Gasteiger partial charge in [0.05, 0.1) is 7.11 Å². The maximum Gasteiger partial charge on any atom is 0.454 e. The fraction of sp³-hybridized carbons (Fsp3) is 0.214. The minimum Gasteiger partial charge on any atom is -0.497 e. The highest BCUT2D eigenvalue weighted by atomic mass is 19.4. The van der Waals surface area contributed by atoms with Crippen molar-refractivity contribution in [3.05, 3.63) is 36.0 Å². The summed E-state index contributed by atoms with van der Waals surface area (Å²) in [6.07, 6.45) is -4.76. The van der Waals surface area contributed by atoms with Crippen molar-refractivity contribution in [3.63, 3.8) is 0 Å². The molecular formula is C14H14F3N3O4. The molecule has 0 atom stereocenters. The van der Waals surface area contributed by atoms with Gasteiger partial charge in [-0.1, -0.05) is 0 Å². The normalized spacial score (nSPS) is 11.5. The van der Waals surface area contributed by atoms with Gasteiger partial charge in [-0.3, -0.25) is 19.8 Å². The fourth-order valence-electron chi connectivity index (χ4n) is 1.39. The lowest BCUT2D eigenvalue weighted by Gasteiger charge is -2.10. The van der Waals surface area contributed by atoms with Crippen LogP contribution in [-0.2, 0) is 14.4 Å². The van der Waals surface area contributed by atoms with Crippen LogP contribution in [0.2, 0.25) is 0 Å². The largest absolute Gasteiger partial charge is 0.497 e. The first kappa shape index (κ1) is 19.0. The van der Waals surface area contributed by atoms with Gasteiger partial charge in [-0.2, -0.15) is 13.2 Å². The van der Waals surface area contributed by atoms with Gasteiger partial charge in [-0.15, -0.1) is 0 Å². The second kappa shape index (κ2) is 7.99. The highest BCUT2D eigenvalue weighted by molar-refractivity contribution is 6.39. The maximum atomic E-state index is 12.1. The van der Waals surface area contributed by atoms with Gasteiger partial charge in [0.1, 0.15) is 5.75 Å². The number of carbonyl (C=O) groups excluding carboxylic acids is 3. The summed E-state index contributed by atoms with van der Waals surface area (Å²) in [5.41, 5.74) is 3.92. The number of hydrazine groups is 1. The van der Waals surface area contributed by atoms with Gasteiger partial charge in [-0.05, 0) is 31.2 Å². The Labute approximate surface area is 134 Å². The van der Waals surface area contributed by atoms with Crippen LogP contribution in [0, 0.1) is 0 Å². The number of hydrogen-bond donors (Lipinski definition) is 3. The predicted octanol–water partition coefficient (Wildman–Crippen LogP) is 1.29. The minimum atomic E-state index is -5.02. The van der Waals surface area contributed by atoms with E-state index in [1.54, 1.807) is 12.1 Å². The van der Waals surface area contributed by atoms with E-state index in [-0.39, 0.29) is 11.8 Å². The summed E-state index contributed by atoms with van der Waals surface area (Å²) in [5.74, 6) is -3.75. The quantitative estimate of drug-likeness (QED) is 0.425. The predicted molar refractivity (Wildman–Crippen MR) is 77.7 cm³/mol. The summed E-state index contributed by atoms with van der Waals surface area (Å²) in [6.45, 7) is 1.12. The van der Waals surface area contributed by atoms with E-state index in [4.69, 9.17) is 4.74 Å². The molecular weight excluding hydrogens is 331 g/mol. The van der Waals surface area contributed by atoms with E-state index in [9.17, 15) is 27.6 Å². The summed E-state index contributed by atoms with van der Waals surface area (Å²) in [7, 11) is 1.46. The summed E-state index contributed by atoms with van der Waals surface area (Å²) in [6, 6.07) is 6.10. The smallest absolute Gasteiger partial charge is 0.454 e. The van der Waals surface area contributed by atoms with Crippen LogP contribution in [0.5, 0.6) is 5.75 Å². The monoisotopic (exact) mass is 345 g/mol. The molecule has 0 radical (unpaired) electrons. The average Bonchev–Trinajstić information content (AvgIpc) is 2.52. The highest BCUT2D eigenvalue weighted by Crippen LogP contribution is 2.17. The van der Waals surface area contributed by atoms with E-state index in [1.165, 1.54) is 19.2 Å². The number of carbonyl (C=O) groups is 3. The number of rotatable bonds is 5. The first-order valence-corrected chi connectivity index (χ1v) is 6.44. The van der Waals surface area contributed by atoms with Crippen molar-refractivity contribution >= 4 is 23.3 Å². The third kappa shape index (κ3) is 5.99. The summed E-state index contributed by atoms with van der Waals surface area (Å²) >= 11 is 0. The average molecular weight is 345 g/mol. The molecule has 130 valence electrons. The number of halogens is 3. The Morgan fingerprint density at radius 1 is 1.04 bits per heavy atom. The first-order chi connectivity index (χ1) is 11.1. The van der Waals surface area contributed by atoms with Crippen molar-refractivity contribution in [3.8, 4) is 5.75 Å². The molecule has 0 fully saturated rings. The van der Waals surface area contributed by atoms with Gasteiger partial charge in [0.15, 0.2) is 0 Å². The first-order valence-electron chi connectivity index (χ1n) is 6.44. The molecule has 0 heterocycles. The molecule has 1 aromatic rings. The molecule has 0 saturated heterocycles. The zero-order valence-corrected chi connectivity index (χ0v) is 12.7. The standard InChI is InChI=1S/C14H14F3N3O4/c1-8(7-11(21)14(15,16)17)19-20-13(23)12(22)18-9-3-5-10(24-2)6-4-9/h3-7,19H,1-2H3,(H,18,22)(H,20,23)/b8-7-. The lowest BCUT2D eigenvalue weighted by atomic mass is 10.3. The number of hydrogen-bond acceptors (Lipinski definition) is 5. The molecule has 1 aromatic carbocycles. The third-order valence-electron chi connectivity index (χ3n) is 2.55. The van der Waals surface area contributed by atoms with Crippen LogP contribution in [0.1, 0.15) is 6.92 Å². The molecule has 0 aliphatic heterocycles. The molecule has 0 unspecified atom stereocenters. The van der Waals surface area contributed by atoms with Crippen LogP contribution >= 0.6 is 0 Å². The van der Waals surface area contributed by atoms with E-state index in [0.717, 1.165) is 6.92 Å². The van der Waals surface area contributed by atoms with Crippen LogP contribution in [0.25, 0.3) is 0 Å². The molecule has 0 aliphatic rings. The lowest BCUT2D eigenvalue weighted by Crippen LogP contribution is -2.43. The summed E-state index contributed by atoms with van der Waals surface area (Å²) < 4.78 is 41.1. The second-order valence-corrected chi connectivity index (χ2v) is 4.45. The Morgan fingerprint density at radius 2 is 1.62 bits per heavy atom. The number of ether oxygens (including phenoxy) is 1. The van der Waals surface area contributed by atoms with Crippen molar-refractivity contribution in [2.75, 3.05) is 12.4 Å². The molecule has 1 rings (SSSR count). The van der Waals surface area contributed by atoms with Gasteiger partial charge in [-0.25, -0.2) is 0 Å². The Balaban J connectivity index is 2.53. The number of methoxy groups -OCH3 is 1. The zero-order chi connectivity index (χ0) is 18.3. The van der Waals surface area contributed by atoms with Crippen LogP contribution in [0.3, 0.4) is 0 Å². The molecule has 10 heteroatoms. The molecule has 0 bridgehead atoms. The molecule has 0 aliphatic carbocycles. The van der Waals surface area contributed by atoms with Crippen LogP contribution in [0.4, 0.5) is 18.9 Å². The minimum absolute atomic E-state index is 0.252. The van der Waals surface area contributed by atoms with Gasteiger partial charge in [0, 0.05) is 17.5 Å². The molecule has 2 amide bonds. The lowest BCUT2D eigenvalue weighted by molar-refractivity contribution is -0.165. The molecule has 0 saturated carbocycles. The van der Waals surface area contributed by atoms with Crippen LogP contribution in [0.15, 0.2) is 36.0 Å². The summed E-state index contributed by atoms with van der Waals surface area (Å²) in [5, 5.41) is 2.27. The van der Waals surface area contributed by atoms with Crippen molar-refractivity contribution in [1.29, 1.82) is 0 Å². The number of allylic oxidation sites excluding steroid dienone is 2. The van der Waals surface area contributed by atoms with E-state index < -0.39 is 23.8 Å². The molecule has 7 nitrogen and oxygen atoms in total. The number of alkyl halides is 3. The van der Waals surface area contributed by atoms with Gasteiger partial charge < -0.3 is 15.5 Å². The topological polar surface area (TPSA) is 96.5 Å². The Kier molecular flexibility index (Phi) is 6.33. The molecule has 0 aromatic heterocycles. The van der Waals surface area contributed by atoms with Gasteiger partial charge in [0.25, 0.3) is 5.78 Å². The Hall–Kier alpha value is -3.04. The van der Waals surface area contributed by atoms with Crippen LogP contribution in [-0.4, -0.2) is 30.9 Å². The van der Waals surface area contributed by atoms with Crippen molar-refractivity contribution in [1.82, 2.24) is 10.9 Å². The number of nitrogens with one attached hydrogen (secondary N) is 3. The van der Waals surface area contributed by atoms with E-state index in [1.807, 2.05) is 10.9 Å². The number of amides is 2. The molecule has 24 heavy (non-hydrogen) atoms. The Morgan fingerprint density at radius 3 is 2.12 bits per heavy atom. The van der Waals surface area contributed by atoms with E-state index in [0.29, 0.717) is 11.4 Å². The van der Waals surface area contributed by atoms with E-state index >= 15 is 0 Å². The fourth-order valence-corrected chi connectivity index (χ4v) is 1.39. The third-order valence-corrected chi connectivity index (χ3v) is 2.55. The van der Waals surface area contributed by atoms with Crippen LogP contribution < -0.4 is 20.9 Å². The summed E-state index contributed by atoms with van der Waals surface area (Å²) in [4.78, 5) is 33.8. The number of anilines is 1. The zero-order valence-electron chi connectivity index (χ0n) is 12.7. The molecule has 0 spiro atoms. The number of benzene rings is 1. The van der Waals surface area contributed by atoms with Crippen molar-refractivity contribution < 1.29 is 32.3 Å².